The van der Waals surface area contributed by atoms with E-state index in [9.17, 15) is 8.42 Å². The quantitative estimate of drug-likeness (QED) is 0.792. The lowest BCUT2D eigenvalue weighted by molar-refractivity contribution is 0.392. The summed E-state index contributed by atoms with van der Waals surface area (Å²) < 4.78 is 26.5. The summed E-state index contributed by atoms with van der Waals surface area (Å²) in [6.45, 7) is 4.42. The lowest BCUT2D eigenvalue weighted by Gasteiger charge is -2.21. The van der Waals surface area contributed by atoms with Gasteiger partial charge >= 0.3 is 0 Å². The maximum atomic E-state index is 12.0. The third kappa shape index (κ3) is 4.08. The van der Waals surface area contributed by atoms with Crippen LogP contribution in [0.25, 0.3) is 0 Å². The fraction of sp³-hybridized carbons (Fsp3) is 0.538. The lowest BCUT2D eigenvalue weighted by Crippen LogP contribution is -2.41. The molecule has 0 aromatic heterocycles. The maximum absolute atomic E-state index is 12.0. The Kier molecular flexibility index (Phi) is 5.78. The Bertz CT molecular complexity index is 441. The van der Waals surface area contributed by atoms with Gasteiger partial charge in [0, 0.05) is 12.6 Å². The van der Waals surface area contributed by atoms with Gasteiger partial charge in [-0.1, -0.05) is 44.9 Å². The summed E-state index contributed by atoms with van der Waals surface area (Å²) in [4.78, 5) is 0.279. The Morgan fingerprint density at radius 2 is 1.72 bits per heavy atom. The number of hydrogen-bond acceptors (Lipinski definition) is 3. The predicted molar refractivity (Wildman–Crippen MR) is 73.7 cm³/mol. The second kappa shape index (κ2) is 6.87. The third-order valence-electron chi connectivity index (χ3n) is 3.22. The summed E-state index contributed by atoms with van der Waals surface area (Å²) >= 11 is 0. The molecule has 18 heavy (non-hydrogen) atoms. The molecule has 0 amide bonds. The predicted octanol–water partition coefficient (Wildman–Crippen LogP) is 1.73. The van der Waals surface area contributed by atoms with Gasteiger partial charge in [0.1, 0.15) is 0 Å². The molecule has 0 heterocycles. The van der Waals surface area contributed by atoms with E-state index in [1.54, 1.807) is 30.3 Å². The molecule has 3 N–H and O–H groups in total. The summed E-state index contributed by atoms with van der Waals surface area (Å²) in [7, 11) is -3.44. The average molecular weight is 270 g/mol. The first kappa shape index (κ1) is 15.1. The maximum Gasteiger partial charge on any atom is 0.240 e. The van der Waals surface area contributed by atoms with Crippen LogP contribution >= 0.6 is 0 Å². The van der Waals surface area contributed by atoms with Crippen LogP contribution in [0.15, 0.2) is 35.2 Å². The molecule has 0 saturated heterocycles. The zero-order valence-corrected chi connectivity index (χ0v) is 11.8. The molecule has 102 valence electrons. The number of nitrogens with one attached hydrogen (secondary N) is 1. The van der Waals surface area contributed by atoms with Crippen LogP contribution in [0, 0.1) is 5.92 Å². The molecule has 0 aliphatic rings. The molecule has 1 aromatic carbocycles. The van der Waals surface area contributed by atoms with Crippen molar-refractivity contribution in [3.8, 4) is 0 Å². The molecule has 1 rings (SSSR count). The molecule has 0 aliphatic heterocycles. The monoisotopic (exact) mass is 270 g/mol. The van der Waals surface area contributed by atoms with Gasteiger partial charge in [0.25, 0.3) is 0 Å². The smallest absolute Gasteiger partial charge is 0.240 e. The molecule has 5 heteroatoms. The first-order valence-electron chi connectivity index (χ1n) is 6.31. The number of rotatable bonds is 7. The molecule has 1 atom stereocenters. The van der Waals surface area contributed by atoms with E-state index < -0.39 is 10.0 Å². The average Bonchev–Trinajstić information content (AvgIpc) is 2.39. The normalized spacial score (nSPS) is 13.8. The van der Waals surface area contributed by atoms with Crippen molar-refractivity contribution in [1.82, 2.24) is 4.72 Å². The Balaban J connectivity index is 2.63. The van der Waals surface area contributed by atoms with E-state index in [-0.39, 0.29) is 17.5 Å². The van der Waals surface area contributed by atoms with E-state index in [4.69, 9.17) is 5.73 Å². The summed E-state index contributed by atoms with van der Waals surface area (Å²) in [6, 6.07) is 8.20. The minimum Gasteiger partial charge on any atom is -0.326 e. The standard InChI is InChI=1S/C13H22N2O2S/c1-3-11(4-2)13(14)10-15-18(16,17)12-8-6-5-7-9-12/h5-9,11,13,15H,3-4,10,14H2,1-2H3. The molecule has 0 fully saturated rings. The van der Waals surface area contributed by atoms with Crippen LogP contribution < -0.4 is 10.5 Å². The second-order valence-electron chi connectivity index (χ2n) is 4.41. The van der Waals surface area contributed by atoms with Crippen LogP contribution in [0.1, 0.15) is 26.7 Å². The SMILES string of the molecule is CCC(CC)C(N)CNS(=O)(=O)c1ccccc1. The van der Waals surface area contributed by atoms with Crippen molar-refractivity contribution in [2.24, 2.45) is 11.7 Å². The zero-order chi connectivity index (χ0) is 13.6. The van der Waals surface area contributed by atoms with Crippen molar-refractivity contribution in [1.29, 1.82) is 0 Å². The first-order valence-corrected chi connectivity index (χ1v) is 7.79. The van der Waals surface area contributed by atoms with Crippen molar-refractivity contribution in [2.75, 3.05) is 6.54 Å². The van der Waals surface area contributed by atoms with Crippen LogP contribution in [0.4, 0.5) is 0 Å². The second-order valence-corrected chi connectivity index (χ2v) is 6.17. The van der Waals surface area contributed by atoms with E-state index in [0.29, 0.717) is 5.92 Å². The number of nitrogens with two attached hydrogens (primary N) is 1. The molecule has 4 nitrogen and oxygen atoms in total. The van der Waals surface area contributed by atoms with Gasteiger partial charge in [0.15, 0.2) is 0 Å². The highest BCUT2D eigenvalue weighted by Gasteiger charge is 2.18. The van der Waals surface area contributed by atoms with Crippen molar-refractivity contribution in [3.63, 3.8) is 0 Å². The summed E-state index contributed by atoms with van der Waals surface area (Å²) in [5.74, 6) is 0.350. The Morgan fingerprint density at radius 3 is 2.22 bits per heavy atom. The van der Waals surface area contributed by atoms with Crippen LogP contribution in [0.5, 0.6) is 0 Å². The fourth-order valence-electron chi connectivity index (χ4n) is 1.95. The number of hydrogen-bond donors (Lipinski definition) is 2. The van der Waals surface area contributed by atoms with E-state index >= 15 is 0 Å². The molecular weight excluding hydrogens is 248 g/mol. The first-order chi connectivity index (χ1) is 8.51. The van der Waals surface area contributed by atoms with Crippen LogP contribution in [0.3, 0.4) is 0 Å². The van der Waals surface area contributed by atoms with Gasteiger partial charge in [-0.3, -0.25) is 0 Å². The molecule has 0 saturated carbocycles. The fourth-order valence-corrected chi connectivity index (χ4v) is 3.04. The van der Waals surface area contributed by atoms with E-state index in [1.165, 1.54) is 0 Å². The van der Waals surface area contributed by atoms with Crippen LogP contribution in [0.2, 0.25) is 0 Å². The summed E-state index contributed by atoms with van der Waals surface area (Å²) in [5, 5.41) is 0. The Morgan fingerprint density at radius 1 is 1.17 bits per heavy atom. The molecule has 1 unspecified atom stereocenters. The topological polar surface area (TPSA) is 72.2 Å². The highest BCUT2D eigenvalue weighted by Crippen LogP contribution is 2.12. The van der Waals surface area contributed by atoms with E-state index in [1.807, 2.05) is 0 Å². The van der Waals surface area contributed by atoms with Gasteiger partial charge < -0.3 is 5.73 Å². The van der Waals surface area contributed by atoms with Crippen LogP contribution in [-0.2, 0) is 10.0 Å². The van der Waals surface area contributed by atoms with Crippen molar-refractivity contribution in [2.45, 2.75) is 37.6 Å². The molecule has 0 bridgehead atoms. The molecule has 0 spiro atoms. The molecule has 1 aromatic rings. The van der Waals surface area contributed by atoms with Crippen molar-refractivity contribution < 1.29 is 8.42 Å². The van der Waals surface area contributed by atoms with Gasteiger partial charge in [-0.2, -0.15) is 0 Å². The minimum absolute atomic E-state index is 0.140. The van der Waals surface area contributed by atoms with Gasteiger partial charge in [0.05, 0.1) is 4.90 Å². The highest BCUT2D eigenvalue weighted by molar-refractivity contribution is 7.89. The third-order valence-corrected chi connectivity index (χ3v) is 4.66. The highest BCUT2D eigenvalue weighted by atomic mass is 32.2. The van der Waals surface area contributed by atoms with Gasteiger partial charge in [-0.25, -0.2) is 13.1 Å². The largest absolute Gasteiger partial charge is 0.326 e. The Hall–Kier alpha value is -0.910. The number of sulfonamides is 1. The van der Waals surface area contributed by atoms with Gasteiger partial charge in [0.2, 0.25) is 10.0 Å². The molecule has 0 aliphatic carbocycles. The van der Waals surface area contributed by atoms with E-state index in [2.05, 4.69) is 18.6 Å². The minimum atomic E-state index is -3.44. The van der Waals surface area contributed by atoms with Crippen LogP contribution in [-0.4, -0.2) is 21.0 Å². The van der Waals surface area contributed by atoms with Gasteiger partial charge in [-0.05, 0) is 18.1 Å². The van der Waals surface area contributed by atoms with E-state index in [0.717, 1.165) is 12.8 Å². The summed E-state index contributed by atoms with van der Waals surface area (Å²) in [5.41, 5.74) is 6.00. The number of benzene rings is 1. The van der Waals surface area contributed by atoms with Crippen molar-refractivity contribution in [3.05, 3.63) is 30.3 Å². The molecular formula is C13H22N2O2S. The Labute approximate surface area is 110 Å². The molecule has 0 radical (unpaired) electrons. The van der Waals surface area contributed by atoms with Crippen molar-refractivity contribution >= 4 is 10.0 Å². The summed E-state index contributed by atoms with van der Waals surface area (Å²) in [6.07, 6.45) is 1.93. The lowest BCUT2D eigenvalue weighted by atomic mass is 9.95. The zero-order valence-electron chi connectivity index (χ0n) is 11.0. The van der Waals surface area contributed by atoms with Gasteiger partial charge in [-0.15, -0.1) is 0 Å².